The lowest BCUT2D eigenvalue weighted by Crippen LogP contribution is -2.44. The third kappa shape index (κ3) is 5.95. The number of hydrogen-bond donors (Lipinski definition) is 2. The van der Waals surface area contributed by atoms with Crippen LogP contribution >= 0.6 is 0 Å². The summed E-state index contributed by atoms with van der Waals surface area (Å²) >= 11 is 0. The molecule has 2 N–H and O–H groups in total. The Morgan fingerprint density at radius 1 is 1.32 bits per heavy atom. The zero-order valence-corrected chi connectivity index (χ0v) is 13.5. The molecule has 0 bridgehead atoms. The lowest BCUT2D eigenvalue weighted by molar-refractivity contribution is -0.145. The Morgan fingerprint density at radius 2 is 2.00 bits per heavy atom. The summed E-state index contributed by atoms with van der Waals surface area (Å²) in [4.78, 5) is 37.8. The number of aliphatic carboxylic acids is 1. The van der Waals surface area contributed by atoms with Gasteiger partial charge in [0.2, 0.25) is 5.78 Å². The van der Waals surface area contributed by atoms with E-state index in [-0.39, 0.29) is 18.9 Å². The number of hydrogen-bond acceptors (Lipinski definition) is 4. The summed E-state index contributed by atoms with van der Waals surface area (Å²) in [5.41, 5.74) is 8.93. The third-order valence-corrected chi connectivity index (χ3v) is 3.69. The summed E-state index contributed by atoms with van der Waals surface area (Å²) < 4.78 is 5.73. The molecule has 0 unspecified atom stereocenters. The van der Waals surface area contributed by atoms with Crippen molar-refractivity contribution in [2.24, 2.45) is 0 Å². The maximum absolute atomic E-state index is 12.5. The van der Waals surface area contributed by atoms with Crippen molar-refractivity contribution in [3.63, 3.8) is 0 Å². The van der Waals surface area contributed by atoms with Gasteiger partial charge in [-0.2, -0.15) is 4.79 Å². The summed E-state index contributed by atoms with van der Waals surface area (Å²) in [6, 6.07) is 7.59. The molecule has 8 nitrogen and oxygen atoms in total. The van der Waals surface area contributed by atoms with Crippen LogP contribution in [-0.2, 0) is 19.1 Å². The second-order valence-electron chi connectivity index (χ2n) is 5.78. The van der Waals surface area contributed by atoms with Gasteiger partial charge in [0, 0.05) is 6.42 Å². The molecule has 1 aliphatic rings. The van der Waals surface area contributed by atoms with E-state index >= 15 is 0 Å². The predicted octanol–water partition coefficient (Wildman–Crippen LogP) is 1.13. The van der Waals surface area contributed by atoms with E-state index < -0.39 is 29.8 Å². The van der Waals surface area contributed by atoms with Gasteiger partial charge in [-0.3, -0.25) is 9.59 Å². The maximum atomic E-state index is 12.5. The Bertz CT molecular complexity index is 681. The van der Waals surface area contributed by atoms with E-state index in [9.17, 15) is 19.5 Å². The molecule has 8 heteroatoms. The molecule has 1 aromatic carbocycles. The van der Waals surface area contributed by atoms with Crippen LogP contribution in [0.25, 0.3) is 5.53 Å². The Balaban J connectivity index is 2.04. The predicted molar refractivity (Wildman–Crippen MR) is 86.8 cm³/mol. The van der Waals surface area contributed by atoms with E-state index in [1.165, 1.54) is 0 Å². The molecule has 25 heavy (non-hydrogen) atoms. The van der Waals surface area contributed by atoms with Gasteiger partial charge in [0.25, 0.3) is 5.91 Å². The van der Waals surface area contributed by atoms with Gasteiger partial charge in [0.05, 0.1) is 6.10 Å². The molecule has 0 saturated heterocycles. The van der Waals surface area contributed by atoms with Crippen LogP contribution in [0.15, 0.2) is 30.3 Å². The van der Waals surface area contributed by atoms with E-state index in [2.05, 4.69) is 10.1 Å². The van der Waals surface area contributed by atoms with Crippen LogP contribution in [0.5, 0.6) is 0 Å². The monoisotopic (exact) mass is 345 g/mol. The van der Waals surface area contributed by atoms with Crippen molar-refractivity contribution in [1.29, 1.82) is 0 Å². The number of Topliss-reactive ketones (excluding diaryl/α,β-unsaturated/α-hetero) is 1. The van der Waals surface area contributed by atoms with E-state index in [1.807, 2.05) is 6.07 Å². The number of carboxylic acid groups (broad SMARTS) is 1. The minimum atomic E-state index is -1.25. The van der Waals surface area contributed by atoms with Crippen LogP contribution in [0.3, 0.4) is 0 Å². The topological polar surface area (TPSA) is 129 Å². The van der Waals surface area contributed by atoms with Crippen LogP contribution in [0.2, 0.25) is 0 Å². The Morgan fingerprint density at radius 3 is 2.56 bits per heavy atom. The van der Waals surface area contributed by atoms with Crippen LogP contribution < -0.4 is 5.32 Å². The average Bonchev–Trinajstić information content (AvgIpc) is 3.41. The van der Waals surface area contributed by atoms with Crippen molar-refractivity contribution >= 4 is 23.9 Å². The van der Waals surface area contributed by atoms with E-state index in [0.29, 0.717) is 11.8 Å². The number of ketones is 1. The standard InChI is InChI=1S/C17H19N3O5/c18-19-10-12(21)6-9-14(17(23)24)20-16(22)15(25-13-7-8-13)11-4-2-1-3-5-11/h1-5,10,13-15H,6-9H2,(H,20,22)(H,23,24)/t14-,15-/m0/s1. The fraction of sp³-hybridized carbons (Fsp3) is 0.412. The van der Waals surface area contributed by atoms with Gasteiger partial charge in [-0.25, -0.2) is 4.79 Å². The maximum Gasteiger partial charge on any atom is 0.326 e. The van der Waals surface area contributed by atoms with Gasteiger partial charge < -0.3 is 20.7 Å². The number of nitrogens with one attached hydrogen (secondary N) is 1. The van der Waals surface area contributed by atoms with E-state index in [0.717, 1.165) is 12.8 Å². The van der Waals surface area contributed by atoms with Crippen LogP contribution in [0, 0.1) is 0 Å². The molecule has 1 fully saturated rings. The molecule has 1 amide bonds. The van der Waals surface area contributed by atoms with Gasteiger partial charge in [-0.15, -0.1) is 0 Å². The second-order valence-corrected chi connectivity index (χ2v) is 5.78. The highest BCUT2D eigenvalue weighted by molar-refractivity contribution is 6.25. The summed E-state index contributed by atoms with van der Waals surface area (Å²) in [5.74, 6) is -2.34. The van der Waals surface area contributed by atoms with Crippen molar-refractivity contribution in [2.45, 2.75) is 43.9 Å². The second kappa shape index (κ2) is 8.86. The van der Waals surface area contributed by atoms with E-state index in [1.54, 1.807) is 24.3 Å². The van der Waals surface area contributed by atoms with Crippen LogP contribution in [-0.4, -0.2) is 45.9 Å². The molecule has 0 spiro atoms. The van der Waals surface area contributed by atoms with Crippen molar-refractivity contribution in [1.82, 2.24) is 5.32 Å². The molecule has 1 saturated carbocycles. The molecule has 0 radical (unpaired) electrons. The number of carbonyl (C=O) groups is 3. The highest BCUT2D eigenvalue weighted by Crippen LogP contribution is 2.31. The molecule has 132 valence electrons. The number of amides is 1. The first kappa shape index (κ1) is 18.5. The highest BCUT2D eigenvalue weighted by atomic mass is 16.5. The van der Waals surface area contributed by atoms with Crippen LogP contribution in [0.4, 0.5) is 0 Å². The van der Waals surface area contributed by atoms with Crippen LogP contribution in [0.1, 0.15) is 37.4 Å². The average molecular weight is 345 g/mol. The summed E-state index contributed by atoms with van der Waals surface area (Å²) in [6.45, 7) is 0. The molecule has 0 aromatic heterocycles. The van der Waals surface area contributed by atoms with Gasteiger partial charge in [0.15, 0.2) is 6.10 Å². The fourth-order valence-electron chi connectivity index (χ4n) is 2.24. The summed E-state index contributed by atoms with van der Waals surface area (Å²) in [6.07, 6.45) is 1.26. The number of ether oxygens (including phenoxy) is 1. The van der Waals surface area contributed by atoms with E-state index in [4.69, 9.17) is 10.3 Å². The Labute approximate surface area is 144 Å². The Hall–Kier alpha value is -2.83. The molecule has 0 heterocycles. The van der Waals surface area contributed by atoms with Gasteiger partial charge in [-0.1, -0.05) is 30.3 Å². The fourth-order valence-corrected chi connectivity index (χ4v) is 2.24. The summed E-state index contributed by atoms with van der Waals surface area (Å²) in [5, 5.41) is 11.7. The molecule has 2 rings (SSSR count). The molecule has 1 aromatic rings. The lowest BCUT2D eigenvalue weighted by atomic mass is 10.1. The van der Waals surface area contributed by atoms with Crippen molar-refractivity contribution in [3.8, 4) is 0 Å². The minimum Gasteiger partial charge on any atom is -0.480 e. The molecule has 0 aliphatic heterocycles. The SMILES string of the molecule is [N-]=[N+]=CC(=O)CC[C@H](NC(=O)[C@@H](OC1CC1)c1ccccc1)C(=O)O. The first-order valence-electron chi connectivity index (χ1n) is 7.95. The summed E-state index contributed by atoms with van der Waals surface area (Å²) in [7, 11) is 0. The van der Waals surface area contributed by atoms with Gasteiger partial charge >= 0.3 is 12.2 Å². The minimum absolute atomic E-state index is 0.00146. The largest absolute Gasteiger partial charge is 0.480 e. The highest BCUT2D eigenvalue weighted by Gasteiger charge is 2.33. The number of carbonyl (C=O) groups excluding carboxylic acids is 2. The van der Waals surface area contributed by atoms with Gasteiger partial charge in [0.1, 0.15) is 6.04 Å². The quantitative estimate of drug-likeness (QED) is 0.373. The van der Waals surface area contributed by atoms with Gasteiger partial charge in [-0.05, 0) is 24.8 Å². The van der Waals surface area contributed by atoms with Crippen molar-refractivity contribution in [3.05, 3.63) is 41.4 Å². The normalized spacial score (nSPS) is 15.5. The zero-order valence-electron chi connectivity index (χ0n) is 13.5. The smallest absolute Gasteiger partial charge is 0.326 e. The molecule has 1 aliphatic carbocycles. The molecular formula is C17H19N3O5. The number of carboxylic acids is 1. The third-order valence-electron chi connectivity index (χ3n) is 3.69. The molecule has 2 atom stereocenters. The Kier molecular flexibility index (Phi) is 6.56. The molecular weight excluding hydrogens is 326 g/mol. The first-order valence-corrected chi connectivity index (χ1v) is 7.95. The van der Waals surface area contributed by atoms with Crippen molar-refractivity contribution in [2.75, 3.05) is 0 Å². The first-order chi connectivity index (χ1) is 12.0. The number of rotatable bonds is 10. The van der Waals surface area contributed by atoms with Crippen molar-refractivity contribution < 1.29 is 29.0 Å². The number of benzene rings is 1. The zero-order chi connectivity index (χ0) is 18.2. The number of nitrogens with zero attached hydrogens (tertiary/aromatic N) is 2. The lowest BCUT2D eigenvalue weighted by Gasteiger charge is -2.21.